The fourth-order valence-corrected chi connectivity index (χ4v) is 4.18. The molecule has 2 unspecified atom stereocenters. The zero-order valence-corrected chi connectivity index (χ0v) is 20.1. The van der Waals surface area contributed by atoms with E-state index in [1.165, 1.54) is 19.2 Å². The Kier molecular flexibility index (Phi) is 7.39. The molecule has 0 radical (unpaired) electrons. The lowest BCUT2D eigenvalue weighted by Gasteiger charge is -2.39. The van der Waals surface area contributed by atoms with Crippen molar-refractivity contribution in [2.75, 3.05) is 13.7 Å². The van der Waals surface area contributed by atoms with Gasteiger partial charge in [-0.3, -0.25) is 9.35 Å². The molecule has 1 aromatic heterocycles. The summed E-state index contributed by atoms with van der Waals surface area (Å²) in [4.78, 5) is 13.5. The van der Waals surface area contributed by atoms with Crippen LogP contribution in [0.5, 0.6) is 28.7 Å². The molecular weight excluding hydrogens is 536 g/mol. The quantitative estimate of drug-likeness (QED) is 0.176. The Hall–Kier alpha value is -3.64. The summed E-state index contributed by atoms with van der Waals surface area (Å²) >= 11 is 0. The van der Waals surface area contributed by atoms with Gasteiger partial charge in [0.25, 0.3) is 0 Å². The maximum Gasteiger partial charge on any atom is 0.446 e. The number of fused-ring (bicyclic) bond motifs is 1. The molecule has 0 saturated carbocycles. The topological polar surface area (TPSA) is 243 Å². The minimum absolute atomic E-state index is 0.0116. The predicted octanol–water partition coefficient (Wildman–Crippen LogP) is -0.760. The summed E-state index contributed by atoms with van der Waals surface area (Å²) in [6.45, 7) is -0.784. The average Bonchev–Trinajstić information content (AvgIpc) is 2.84. The number of hydrogen-bond donors (Lipinski definition) is 7. The van der Waals surface area contributed by atoms with Gasteiger partial charge in [0.05, 0.1) is 13.7 Å². The van der Waals surface area contributed by atoms with Crippen LogP contribution < -0.4 is 19.1 Å². The first-order valence-corrected chi connectivity index (χ1v) is 12.1. The van der Waals surface area contributed by atoms with E-state index in [-0.39, 0.29) is 11.3 Å². The Morgan fingerprint density at radius 3 is 2.32 bits per heavy atom. The van der Waals surface area contributed by atoms with Crippen molar-refractivity contribution in [1.29, 1.82) is 0 Å². The van der Waals surface area contributed by atoms with Gasteiger partial charge in [0.1, 0.15) is 41.1 Å². The van der Waals surface area contributed by atoms with Gasteiger partial charge in [-0.25, -0.2) is 0 Å². The molecule has 38 heavy (non-hydrogen) atoms. The second-order valence-corrected chi connectivity index (χ2v) is 9.14. The van der Waals surface area contributed by atoms with Crippen molar-refractivity contribution in [3.8, 4) is 40.1 Å². The van der Waals surface area contributed by atoms with Crippen LogP contribution in [0.1, 0.15) is 0 Å². The number of aliphatic hydroxyl groups excluding tert-OH is 4. The fraction of sp³-hybridized carbons (Fsp3) is 0.318. The van der Waals surface area contributed by atoms with Crippen LogP contribution in [-0.2, 0) is 15.1 Å². The van der Waals surface area contributed by atoms with Crippen LogP contribution in [0.25, 0.3) is 22.3 Å². The van der Waals surface area contributed by atoms with E-state index >= 15 is 0 Å². The molecule has 1 saturated heterocycles. The zero-order chi connectivity index (χ0) is 27.9. The molecule has 16 heteroatoms. The van der Waals surface area contributed by atoms with Crippen molar-refractivity contribution < 1.29 is 66.4 Å². The SMILES string of the molecule is COc1ccc(-c2oc3cc(OS(=O)(=O)O)cc(O)c3c(=O)c2O[C@@H]2O[C@H](CO)[C@@H](O)C(O)C2O)cc1O. The molecular formula is C22H22O15S. The van der Waals surface area contributed by atoms with Gasteiger partial charge in [0.15, 0.2) is 23.0 Å². The third-order valence-corrected chi connectivity index (χ3v) is 6.03. The Bertz CT molecular complexity index is 1510. The van der Waals surface area contributed by atoms with Gasteiger partial charge < -0.3 is 53.4 Å². The van der Waals surface area contributed by atoms with Crippen LogP contribution >= 0.6 is 0 Å². The van der Waals surface area contributed by atoms with Crippen LogP contribution in [0.2, 0.25) is 0 Å². The summed E-state index contributed by atoms with van der Waals surface area (Å²) < 4.78 is 57.1. The Morgan fingerprint density at radius 1 is 1.00 bits per heavy atom. The molecule has 206 valence electrons. The molecule has 1 fully saturated rings. The summed E-state index contributed by atoms with van der Waals surface area (Å²) in [6.07, 6.45) is -8.69. The summed E-state index contributed by atoms with van der Waals surface area (Å²) in [5.74, 6) is -2.94. The molecule has 1 aliphatic heterocycles. The predicted molar refractivity (Wildman–Crippen MR) is 124 cm³/mol. The van der Waals surface area contributed by atoms with E-state index in [0.717, 1.165) is 12.1 Å². The minimum atomic E-state index is -5.01. The number of phenolic OH excluding ortho intramolecular Hbond substituents is 2. The number of hydrogen-bond acceptors (Lipinski definition) is 14. The number of rotatable bonds is 7. The van der Waals surface area contributed by atoms with E-state index in [9.17, 15) is 43.9 Å². The Morgan fingerprint density at radius 2 is 1.71 bits per heavy atom. The van der Waals surface area contributed by atoms with E-state index in [4.69, 9.17) is 23.2 Å². The first-order chi connectivity index (χ1) is 17.8. The van der Waals surface area contributed by atoms with Crippen molar-refractivity contribution in [2.24, 2.45) is 0 Å². The van der Waals surface area contributed by atoms with Crippen LogP contribution in [-0.4, -0.2) is 88.0 Å². The number of phenols is 2. The molecule has 2 aromatic carbocycles. The van der Waals surface area contributed by atoms with Gasteiger partial charge >= 0.3 is 10.4 Å². The van der Waals surface area contributed by atoms with Crippen molar-refractivity contribution in [3.63, 3.8) is 0 Å². The van der Waals surface area contributed by atoms with Gasteiger partial charge in [0, 0.05) is 17.7 Å². The smallest absolute Gasteiger partial charge is 0.446 e. The van der Waals surface area contributed by atoms with Crippen molar-refractivity contribution in [2.45, 2.75) is 30.7 Å². The molecule has 7 N–H and O–H groups in total. The minimum Gasteiger partial charge on any atom is -0.507 e. The van der Waals surface area contributed by atoms with Crippen LogP contribution in [0.15, 0.2) is 39.5 Å². The second kappa shape index (κ2) is 10.3. The lowest BCUT2D eigenvalue weighted by molar-refractivity contribution is -0.277. The highest BCUT2D eigenvalue weighted by molar-refractivity contribution is 7.81. The number of aromatic hydroxyl groups is 2. The molecule has 0 aliphatic carbocycles. The number of aliphatic hydroxyl groups is 4. The van der Waals surface area contributed by atoms with Gasteiger partial charge in [-0.1, -0.05) is 0 Å². The molecule has 3 aromatic rings. The third-order valence-electron chi connectivity index (χ3n) is 5.63. The van der Waals surface area contributed by atoms with Crippen molar-refractivity contribution in [3.05, 3.63) is 40.6 Å². The summed E-state index contributed by atoms with van der Waals surface area (Å²) in [5, 5.41) is 60.1. The number of benzene rings is 2. The van der Waals surface area contributed by atoms with Gasteiger partial charge in [0.2, 0.25) is 17.5 Å². The zero-order valence-electron chi connectivity index (χ0n) is 19.3. The highest BCUT2D eigenvalue weighted by Crippen LogP contribution is 2.39. The van der Waals surface area contributed by atoms with E-state index in [1.54, 1.807) is 0 Å². The highest BCUT2D eigenvalue weighted by atomic mass is 32.3. The third kappa shape index (κ3) is 5.18. The molecule has 1 aliphatic rings. The molecule has 0 spiro atoms. The fourth-order valence-electron chi connectivity index (χ4n) is 3.84. The number of methoxy groups -OCH3 is 1. The van der Waals surface area contributed by atoms with Crippen molar-refractivity contribution >= 4 is 21.4 Å². The summed E-state index contributed by atoms with van der Waals surface area (Å²) in [5.41, 5.74) is -1.54. The van der Waals surface area contributed by atoms with Crippen LogP contribution in [0.4, 0.5) is 0 Å². The van der Waals surface area contributed by atoms with E-state index in [0.29, 0.717) is 6.07 Å². The van der Waals surface area contributed by atoms with Crippen molar-refractivity contribution in [1.82, 2.24) is 0 Å². The Labute approximate surface area is 213 Å². The Balaban J connectivity index is 1.93. The van der Waals surface area contributed by atoms with Gasteiger partial charge in [-0.05, 0) is 18.2 Å². The molecule has 4 rings (SSSR count). The standard InChI is InChI=1S/C22H22O15S/c1-33-12-3-2-8(4-10(12)24)20-21(36-22-19(29)18(28)16(26)14(7-23)35-22)17(27)15-11(25)5-9(6-13(15)34-20)37-38(30,31)32/h2-6,14,16,18-19,22-26,28-29H,7H2,1H3,(H,30,31,32)/t14-,16-,18?,19?,22+/m1/s1. The average molecular weight is 558 g/mol. The molecule has 5 atom stereocenters. The van der Waals surface area contributed by atoms with Gasteiger partial charge in [-0.2, -0.15) is 8.42 Å². The largest absolute Gasteiger partial charge is 0.507 e. The normalized spacial score (nSPS) is 23.8. The molecule has 2 heterocycles. The van der Waals surface area contributed by atoms with Gasteiger partial charge in [-0.15, -0.1) is 0 Å². The molecule has 0 bridgehead atoms. The summed E-state index contributed by atoms with van der Waals surface area (Å²) in [6, 6.07) is 5.32. The maximum absolute atomic E-state index is 13.5. The van der Waals surface area contributed by atoms with E-state index in [2.05, 4.69) is 4.18 Å². The number of ether oxygens (including phenoxy) is 3. The first-order valence-electron chi connectivity index (χ1n) is 10.7. The van der Waals surface area contributed by atoms with Crippen LogP contribution in [0.3, 0.4) is 0 Å². The maximum atomic E-state index is 13.5. The summed E-state index contributed by atoms with van der Waals surface area (Å²) in [7, 11) is -3.72. The van der Waals surface area contributed by atoms with Crippen LogP contribution in [0, 0.1) is 0 Å². The monoisotopic (exact) mass is 558 g/mol. The molecule has 0 amide bonds. The second-order valence-electron chi connectivity index (χ2n) is 8.12. The lowest BCUT2D eigenvalue weighted by atomic mass is 9.99. The molecule has 15 nitrogen and oxygen atoms in total. The van der Waals surface area contributed by atoms with E-state index in [1.807, 2.05) is 0 Å². The lowest BCUT2D eigenvalue weighted by Crippen LogP contribution is -2.60. The van der Waals surface area contributed by atoms with E-state index < -0.39 is 92.9 Å². The highest BCUT2D eigenvalue weighted by Gasteiger charge is 2.45. The first kappa shape index (κ1) is 27.4.